The summed E-state index contributed by atoms with van der Waals surface area (Å²) in [5, 5.41) is 2.54. The first-order chi connectivity index (χ1) is 8.20. The molecule has 1 N–H and O–H groups in total. The van der Waals surface area contributed by atoms with Crippen LogP contribution in [0.5, 0.6) is 0 Å². The third-order valence-corrected chi connectivity index (χ3v) is 2.83. The number of nitrogens with one attached hydrogen (secondary N) is 1. The van der Waals surface area contributed by atoms with Crippen molar-refractivity contribution < 1.29 is 22.8 Å². The van der Waals surface area contributed by atoms with Gasteiger partial charge in [0.1, 0.15) is 6.04 Å². The summed E-state index contributed by atoms with van der Waals surface area (Å²) in [4.78, 5) is 24.5. The van der Waals surface area contributed by atoms with Gasteiger partial charge in [0.05, 0.1) is 6.42 Å². The van der Waals surface area contributed by atoms with Crippen LogP contribution in [-0.2, 0) is 9.59 Å². The third kappa shape index (κ3) is 4.19. The van der Waals surface area contributed by atoms with E-state index in [-0.39, 0.29) is 31.3 Å². The normalized spacial score (nSPS) is 22.1. The van der Waals surface area contributed by atoms with Crippen molar-refractivity contribution in [1.29, 1.82) is 0 Å². The van der Waals surface area contributed by atoms with E-state index in [9.17, 15) is 22.8 Å². The minimum absolute atomic E-state index is 0.0456. The molecule has 1 aliphatic rings. The maximum Gasteiger partial charge on any atom is 0.390 e. The summed E-state index contributed by atoms with van der Waals surface area (Å²) in [5.41, 5.74) is 0. The Morgan fingerprint density at radius 1 is 1.39 bits per heavy atom. The Labute approximate surface area is 104 Å². The predicted molar refractivity (Wildman–Crippen MR) is 58.6 cm³/mol. The average molecular weight is 266 g/mol. The predicted octanol–water partition coefficient (Wildman–Crippen LogP) is 1.31. The molecule has 0 bridgehead atoms. The van der Waals surface area contributed by atoms with E-state index in [4.69, 9.17) is 0 Å². The summed E-state index contributed by atoms with van der Waals surface area (Å²) >= 11 is 0. The highest BCUT2D eigenvalue weighted by molar-refractivity contribution is 5.90. The number of amides is 2. The molecule has 1 unspecified atom stereocenters. The van der Waals surface area contributed by atoms with E-state index in [1.54, 1.807) is 13.8 Å². The molecule has 0 aromatic heterocycles. The van der Waals surface area contributed by atoms with Crippen molar-refractivity contribution in [3.8, 4) is 0 Å². The Bertz CT molecular complexity index is 329. The molecule has 0 saturated carbocycles. The van der Waals surface area contributed by atoms with Crippen LogP contribution >= 0.6 is 0 Å². The molecule has 0 radical (unpaired) electrons. The monoisotopic (exact) mass is 266 g/mol. The van der Waals surface area contributed by atoms with E-state index in [0.717, 1.165) is 4.90 Å². The molecular weight excluding hydrogens is 249 g/mol. The minimum atomic E-state index is -4.29. The number of rotatable bonds is 3. The highest BCUT2D eigenvalue weighted by Crippen LogP contribution is 2.21. The summed E-state index contributed by atoms with van der Waals surface area (Å²) < 4.78 is 36.5. The van der Waals surface area contributed by atoms with Crippen LogP contribution in [0.25, 0.3) is 0 Å². The van der Waals surface area contributed by atoms with Crippen LogP contribution in [0.2, 0.25) is 0 Å². The SMILES string of the molecule is CC(C)C1NC(=O)CCN(CCC(F)(F)F)C1=O. The second kappa shape index (κ2) is 5.58. The molecule has 104 valence electrons. The molecule has 1 rings (SSSR count). The van der Waals surface area contributed by atoms with E-state index < -0.39 is 24.5 Å². The lowest BCUT2D eigenvalue weighted by atomic mass is 10.0. The minimum Gasteiger partial charge on any atom is -0.344 e. The van der Waals surface area contributed by atoms with E-state index in [1.807, 2.05) is 0 Å². The number of halogens is 3. The van der Waals surface area contributed by atoms with Gasteiger partial charge in [0.2, 0.25) is 11.8 Å². The number of hydrogen-bond donors (Lipinski definition) is 1. The lowest BCUT2D eigenvalue weighted by Crippen LogP contribution is -2.48. The van der Waals surface area contributed by atoms with Crippen LogP contribution in [0.3, 0.4) is 0 Å². The topological polar surface area (TPSA) is 49.4 Å². The van der Waals surface area contributed by atoms with Crippen LogP contribution in [0, 0.1) is 5.92 Å². The van der Waals surface area contributed by atoms with Gasteiger partial charge in [-0.25, -0.2) is 0 Å². The van der Waals surface area contributed by atoms with Crippen molar-refractivity contribution in [3.63, 3.8) is 0 Å². The molecule has 4 nitrogen and oxygen atoms in total. The fourth-order valence-corrected chi connectivity index (χ4v) is 1.79. The number of carbonyl (C=O) groups is 2. The van der Waals surface area contributed by atoms with Gasteiger partial charge in [-0.05, 0) is 5.92 Å². The molecule has 18 heavy (non-hydrogen) atoms. The van der Waals surface area contributed by atoms with Gasteiger partial charge < -0.3 is 10.2 Å². The summed E-state index contributed by atoms with van der Waals surface area (Å²) in [6.45, 7) is 3.15. The molecule has 1 aliphatic heterocycles. The summed E-state index contributed by atoms with van der Waals surface area (Å²) in [6, 6.07) is -0.728. The van der Waals surface area contributed by atoms with E-state index in [1.165, 1.54) is 0 Å². The Hall–Kier alpha value is -1.27. The standard InChI is InChI=1S/C11H17F3N2O2/c1-7(2)9-10(18)16(5-3-8(17)15-9)6-4-11(12,13)14/h7,9H,3-6H2,1-2H3,(H,15,17). The molecule has 1 saturated heterocycles. The van der Waals surface area contributed by atoms with E-state index >= 15 is 0 Å². The first kappa shape index (κ1) is 14.8. The molecule has 1 heterocycles. The van der Waals surface area contributed by atoms with Crippen LogP contribution in [-0.4, -0.2) is 42.0 Å². The molecule has 2 amide bonds. The number of alkyl halides is 3. The Kier molecular flexibility index (Phi) is 4.59. The lowest BCUT2D eigenvalue weighted by molar-refractivity contribution is -0.146. The van der Waals surface area contributed by atoms with Crippen LogP contribution < -0.4 is 5.32 Å². The van der Waals surface area contributed by atoms with E-state index in [0.29, 0.717) is 0 Å². The molecule has 0 aromatic carbocycles. The lowest BCUT2D eigenvalue weighted by Gasteiger charge is -2.26. The Morgan fingerprint density at radius 2 is 2.00 bits per heavy atom. The first-order valence-electron chi connectivity index (χ1n) is 5.85. The molecule has 1 atom stereocenters. The molecular formula is C11H17F3N2O2. The van der Waals surface area contributed by atoms with Crippen molar-refractivity contribution in [1.82, 2.24) is 10.2 Å². The molecule has 0 spiro atoms. The molecule has 0 aliphatic carbocycles. The van der Waals surface area contributed by atoms with Gasteiger partial charge >= 0.3 is 6.18 Å². The number of hydrogen-bond acceptors (Lipinski definition) is 2. The first-order valence-corrected chi connectivity index (χ1v) is 5.85. The van der Waals surface area contributed by atoms with Gasteiger partial charge in [-0.3, -0.25) is 9.59 Å². The van der Waals surface area contributed by atoms with Gasteiger partial charge in [0, 0.05) is 19.5 Å². The molecule has 1 fully saturated rings. The zero-order valence-electron chi connectivity index (χ0n) is 10.4. The molecule has 7 heteroatoms. The Morgan fingerprint density at radius 3 is 2.50 bits per heavy atom. The fourth-order valence-electron chi connectivity index (χ4n) is 1.79. The highest BCUT2D eigenvalue weighted by atomic mass is 19.4. The summed E-state index contributed by atoms with van der Waals surface area (Å²) in [6.07, 6.45) is -5.29. The third-order valence-electron chi connectivity index (χ3n) is 2.83. The van der Waals surface area contributed by atoms with Crippen LogP contribution in [0.4, 0.5) is 13.2 Å². The maximum absolute atomic E-state index is 12.2. The van der Waals surface area contributed by atoms with Gasteiger partial charge in [-0.15, -0.1) is 0 Å². The van der Waals surface area contributed by atoms with Gasteiger partial charge in [0.15, 0.2) is 0 Å². The Balaban J connectivity index is 2.72. The fraction of sp³-hybridized carbons (Fsp3) is 0.818. The second-order valence-electron chi connectivity index (χ2n) is 4.73. The van der Waals surface area contributed by atoms with Crippen molar-refractivity contribution in [2.45, 2.75) is 38.9 Å². The van der Waals surface area contributed by atoms with Crippen molar-refractivity contribution in [2.24, 2.45) is 5.92 Å². The van der Waals surface area contributed by atoms with Crippen molar-refractivity contribution >= 4 is 11.8 Å². The van der Waals surface area contributed by atoms with Gasteiger partial charge in [0.25, 0.3) is 0 Å². The number of carbonyl (C=O) groups excluding carboxylic acids is 2. The number of nitrogens with zero attached hydrogens (tertiary/aromatic N) is 1. The van der Waals surface area contributed by atoms with Crippen LogP contribution in [0.15, 0.2) is 0 Å². The smallest absolute Gasteiger partial charge is 0.344 e. The largest absolute Gasteiger partial charge is 0.390 e. The van der Waals surface area contributed by atoms with Crippen LogP contribution in [0.1, 0.15) is 26.7 Å². The van der Waals surface area contributed by atoms with Crippen molar-refractivity contribution in [2.75, 3.05) is 13.1 Å². The second-order valence-corrected chi connectivity index (χ2v) is 4.73. The molecule has 0 aromatic rings. The summed E-state index contributed by atoms with van der Waals surface area (Å²) in [7, 11) is 0. The zero-order chi connectivity index (χ0) is 13.9. The highest BCUT2D eigenvalue weighted by Gasteiger charge is 2.34. The average Bonchev–Trinajstić information content (AvgIpc) is 2.36. The maximum atomic E-state index is 12.2. The van der Waals surface area contributed by atoms with Gasteiger partial charge in [-0.2, -0.15) is 13.2 Å². The quantitative estimate of drug-likeness (QED) is 0.837. The van der Waals surface area contributed by atoms with Gasteiger partial charge in [-0.1, -0.05) is 13.8 Å². The van der Waals surface area contributed by atoms with E-state index in [2.05, 4.69) is 5.32 Å². The zero-order valence-corrected chi connectivity index (χ0v) is 10.4. The van der Waals surface area contributed by atoms with Crippen molar-refractivity contribution in [3.05, 3.63) is 0 Å². The summed E-state index contributed by atoms with van der Waals surface area (Å²) in [5.74, 6) is -0.871.